The van der Waals surface area contributed by atoms with Gasteiger partial charge < -0.3 is 25.8 Å². The van der Waals surface area contributed by atoms with Gasteiger partial charge in [-0.15, -0.1) is 0 Å². The lowest BCUT2D eigenvalue weighted by molar-refractivity contribution is 0.152. The molecule has 3 N–H and O–H groups in total. The minimum absolute atomic E-state index is 0.0451. The van der Waals surface area contributed by atoms with Crippen molar-refractivity contribution in [2.75, 3.05) is 56.9 Å². The number of halogens is 1. The lowest BCUT2D eigenvalue weighted by Gasteiger charge is -2.32. The Labute approximate surface area is 329 Å². The number of rotatable bonds is 13. The van der Waals surface area contributed by atoms with Crippen LogP contribution in [-0.2, 0) is 16.6 Å². The molecule has 14 heteroatoms. The lowest BCUT2D eigenvalue weighted by atomic mass is 10.00. The zero-order valence-corrected chi connectivity index (χ0v) is 33.3. The SMILES string of the molecule is CC(I)n1cc(-c2ccnc3c2cc(CNCCCN2CCN(C)CC2)n3S(=O)(=O)c2ccccc2)c(-c2ccc(NC(=O)Nc3ccccc3)cc2)n1. The van der Waals surface area contributed by atoms with Crippen molar-refractivity contribution < 1.29 is 13.2 Å². The largest absolute Gasteiger partial charge is 0.323 e. The van der Waals surface area contributed by atoms with Crippen LogP contribution in [0.5, 0.6) is 0 Å². The van der Waals surface area contributed by atoms with Crippen LogP contribution in [0.4, 0.5) is 16.2 Å². The van der Waals surface area contributed by atoms with Crippen molar-refractivity contribution >= 4 is 61.1 Å². The molecule has 280 valence electrons. The van der Waals surface area contributed by atoms with Gasteiger partial charge in [-0.1, -0.05) is 71.1 Å². The van der Waals surface area contributed by atoms with Crippen molar-refractivity contribution in [2.45, 2.75) is 28.8 Å². The summed E-state index contributed by atoms with van der Waals surface area (Å²) in [6.07, 6.45) is 4.62. The van der Waals surface area contributed by atoms with Gasteiger partial charge in [0.25, 0.3) is 10.0 Å². The first-order chi connectivity index (χ1) is 26.2. The Balaban J connectivity index is 1.20. The molecule has 1 fully saturated rings. The number of carbonyl (C=O) groups is 1. The molecule has 54 heavy (non-hydrogen) atoms. The summed E-state index contributed by atoms with van der Waals surface area (Å²) in [5.41, 5.74) is 5.53. The number of fused-ring (bicyclic) bond motifs is 1. The number of aromatic nitrogens is 4. The van der Waals surface area contributed by atoms with Crippen LogP contribution < -0.4 is 16.0 Å². The summed E-state index contributed by atoms with van der Waals surface area (Å²) < 4.78 is 32.0. The maximum absolute atomic E-state index is 14.3. The van der Waals surface area contributed by atoms with Gasteiger partial charge in [-0.05, 0) is 87.6 Å². The number of nitrogens with zero attached hydrogens (tertiary/aromatic N) is 6. The van der Waals surface area contributed by atoms with Crippen LogP contribution in [-0.4, -0.2) is 89.3 Å². The third kappa shape index (κ3) is 8.52. The number of likely N-dealkylation sites (N-methyl/N-ethyl adjacent to an activating group) is 1. The highest BCUT2D eigenvalue weighted by atomic mass is 127. The van der Waals surface area contributed by atoms with E-state index in [1.165, 1.54) is 3.97 Å². The smallest absolute Gasteiger partial charge is 0.311 e. The Bertz CT molecular complexity index is 2300. The van der Waals surface area contributed by atoms with Gasteiger partial charge in [0, 0.05) is 73.0 Å². The second-order valence-electron chi connectivity index (χ2n) is 13.5. The number of anilines is 2. The van der Waals surface area contributed by atoms with Crippen LogP contribution in [0.1, 0.15) is 23.1 Å². The normalized spacial score (nSPS) is 14.6. The molecule has 0 radical (unpaired) electrons. The maximum atomic E-state index is 14.3. The number of piperazine rings is 1. The highest BCUT2D eigenvalue weighted by Gasteiger charge is 2.27. The highest BCUT2D eigenvalue weighted by Crippen LogP contribution is 2.38. The summed E-state index contributed by atoms with van der Waals surface area (Å²) in [4.78, 5) is 22.4. The molecule has 1 aliphatic heterocycles. The average molecular weight is 858 g/mol. The zero-order chi connectivity index (χ0) is 37.7. The fourth-order valence-corrected chi connectivity index (χ4v) is 8.47. The standard InChI is InChI=1S/C40H44IN9O3S/c1-29(41)49-28-37(38(46-49)30-14-16-32(17-15-30)45-40(51)44-31-10-5-3-6-11-31)35-18-20-43-39-36(35)26-33(50(39)54(52,53)34-12-7-4-8-13-34)27-42-19-9-21-48-24-22-47(2)23-25-48/h3-8,10-18,20,26,28-29,42H,9,19,21-25,27H2,1-2H3,(H2,44,45,51). The van der Waals surface area contributed by atoms with E-state index < -0.39 is 10.0 Å². The van der Waals surface area contributed by atoms with Gasteiger partial charge in [-0.25, -0.2) is 22.2 Å². The van der Waals surface area contributed by atoms with Crippen LogP contribution in [0.3, 0.4) is 0 Å². The van der Waals surface area contributed by atoms with E-state index in [9.17, 15) is 13.2 Å². The van der Waals surface area contributed by atoms with E-state index in [1.807, 2.05) is 77.6 Å². The second kappa shape index (κ2) is 16.8. The monoisotopic (exact) mass is 857 g/mol. The molecule has 1 saturated heterocycles. The van der Waals surface area contributed by atoms with Gasteiger partial charge in [0.15, 0.2) is 5.65 Å². The molecule has 3 aromatic heterocycles. The molecule has 12 nitrogen and oxygen atoms in total. The van der Waals surface area contributed by atoms with E-state index in [0.717, 1.165) is 68.1 Å². The molecule has 0 aliphatic carbocycles. The summed E-state index contributed by atoms with van der Waals surface area (Å²) in [5.74, 6) is 0. The van der Waals surface area contributed by atoms with Crippen molar-refractivity contribution in [3.8, 4) is 22.4 Å². The molecule has 0 bridgehead atoms. The lowest BCUT2D eigenvalue weighted by Crippen LogP contribution is -2.45. The minimum atomic E-state index is -3.98. The minimum Gasteiger partial charge on any atom is -0.311 e. The predicted octanol–water partition coefficient (Wildman–Crippen LogP) is 7.13. The van der Waals surface area contributed by atoms with Gasteiger partial charge in [0.05, 0.1) is 10.6 Å². The number of hydrogen-bond donors (Lipinski definition) is 3. The van der Waals surface area contributed by atoms with Crippen molar-refractivity contribution in [1.82, 2.24) is 33.9 Å². The number of pyridine rings is 1. The Morgan fingerprint density at radius 2 is 1.54 bits per heavy atom. The molecule has 0 saturated carbocycles. The molecule has 4 heterocycles. The third-order valence-electron chi connectivity index (χ3n) is 9.58. The first-order valence-electron chi connectivity index (χ1n) is 18.1. The topological polar surface area (TPSA) is 129 Å². The average Bonchev–Trinajstić information content (AvgIpc) is 3.80. The molecule has 1 unspecified atom stereocenters. The van der Waals surface area contributed by atoms with Gasteiger partial charge in [0.1, 0.15) is 9.74 Å². The number of benzene rings is 3. The third-order valence-corrected chi connectivity index (χ3v) is 11.9. The highest BCUT2D eigenvalue weighted by molar-refractivity contribution is 14.1. The van der Waals surface area contributed by atoms with E-state index in [4.69, 9.17) is 5.10 Å². The maximum Gasteiger partial charge on any atom is 0.323 e. The summed E-state index contributed by atoms with van der Waals surface area (Å²) in [7, 11) is -1.83. The van der Waals surface area contributed by atoms with Crippen LogP contribution in [0.25, 0.3) is 33.4 Å². The van der Waals surface area contributed by atoms with E-state index >= 15 is 0 Å². The summed E-state index contributed by atoms with van der Waals surface area (Å²) in [6.45, 7) is 8.45. The van der Waals surface area contributed by atoms with Crippen molar-refractivity contribution in [3.63, 3.8) is 0 Å². The van der Waals surface area contributed by atoms with Crippen LogP contribution >= 0.6 is 22.6 Å². The second-order valence-corrected chi connectivity index (χ2v) is 17.0. The first-order valence-corrected chi connectivity index (χ1v) is 20.7. The number of amides is 2. The molecule has 3 aromatic carbocycles. The number of hydrogen-bond acceptors (Lipinski definition) is 8. The van der Waals surface area contributed by atoms with E-state index in [0.29, 0.717) is 34.6 Å². The van der Waals surface area contributed by atoms with E-state index in [-0.39, 0.29) is 15.0 Å². The molecule has 7 rings (SSSR count). The summed E-state index contributed by atoms with van der Waals surface area (Å²) in [5, 5.41) is 14.9. The van der Waals surface area contributed by atoms with Crippen LogP contribution in [0.15, 0.2) is 114 Å². The molecule has 2 amide bonds. The molecule has 0 spiro atoms. The molecule has 6 aromatic rings. The van der Waals surface area contributed by atoms with Crippen molar-refractivity contribution in [3.05, 3.63) is 115 Å². The number of carbonyl (C=O) groups excluding carboxylic acids is 1. The van der Waals surface area contributed by atoms with Gasteiger partial charge in [0.2, 0.25) is 0 Å². The van der Waals surface area contributed by atoms with Crippen LogP contribution in [0.2, 0.25) is 0 Å². The van der Waals surface area contributed by atoms with E-state index in [2.05, 4.69) is 67.3 Å². The quantitative estimate of drug-likeness (QED) is 0.0637. The van der Waals surface area contributed by atoms with E-state index in [1.54, 1.807) is 36.5 Å². The number of urea groups is 1. The number of nitrogens with one attached hydrogen (secondary N) is 3. The van der Waals surface area contributed by atoms with Gasteiger partial charge in [-0.3, -0.25) is 4.68 Å². The van der Waals surface area contributed by atoms with Crippen molar-refractivity contribution in [1.29, 1.82) is 0 Å². The van der Waals surface area contributed by atoms with Gasteiger partial charge >= 0.3 is 6.03 Å². The molecular weight excluding hydrogens is 813 g/mol. The molecule has 1 atom stereocenters. The predicted molar refractivity (Wildman–Crippen MR) is 223 cm³/mol. The Morgan fingerprint density at radius 3 is 2.22 bits per heavy atom. The van der Waals surface area contributed by atoms with Gasteiger partial charge in [-0.2, -0.15) is 5.10 Å². The zero-order valence-electron chi connectivity index (χ0n) is 30.3. The molecular formula is C40H44IN9O3S. The summed E-state index contributed by atoms with van der Waals surface area (Å²) in [6, 6.07) is 28.8. The Morgan fingerprint density at radius 1 is 0.870 bits per heavy atom. The Kier molecular flexibility index (Phi) is 11.7. The fourth-order valence-electron chi connectivity index (χ4n) is 6.68. The number of para-hydroxylation sites is 1. The Hall–Kier alpha value is -4.61. The first kappa shape index (κ1) is 37.7. The fraction of sp³-hybridized carbons (Fsp3) is 0.275. The van der Waals surface area contributed by atoms with Crippen LogP contribution in [0, 0.1) is 0 Å². The summed E-state index contributed by atoms with van der Waals surface area (Å²) >= 11 is 2.32. The molecule has 1 aliphatic rings. The number of alkyl halides is 1. The van der Waals surface area contributed by atoms with Crippen molar-refractivity contribution in [2.24, 2.45) is 0 Å².